The normalized spacial score (nSPS) is 14.6. The highest BCUT2D eigenvalue weighted by Crippen LogP contribution is 2.34. The van der Waals surface area contributed by atoms with Crippen molar-refractivity contribution in [1.82, 2.24) is 5.32 Å². The van der Waals surface area contributed by atoms with Gasteiger partial charge in [0.15, 0.2) is 17.6 Å². The second-order valence-corrected chi connectivity index (χ2v) is 6.78. The van der Waals surface area contributed by atoms with E-state index in [9.17, 15) is 4.79 Å². The Morgan fingerprint density at radius 1 is 1.19 bits per heavy atom. The first kappa shape index (κ1) is 18.7. The topological polar surface area (TPSA) is 56.8 Å². The van der Waals surface area contributed by atoms with Crippen molar-refractivity contribution in [1.29, 1.82) is 0 Å². The monoisotopic (exact) mass is 395 g/mol. The average Bonchev–Trinajstić information content (AvgIpc) is 3.08. The van der Waals surface area contributed by atoms with Crippen LogP contribution in [0, 0.1) is 0 Å². The number of amides is 1. The zero-order valence-electron chi connectivity index (χ0n) is 14.4. The van der Waals surface area contributed by atoms with E-state index in [0.29, 0.717) is 33.7 Å². The SMILES string of the molecule is CC[C@@H](Oc1ccc(Cl)cc1Cl)C(=O)NC(C)c1ccc2c(c1)OCO2. The van der Waals surface area contributed by atoms with E-state index in [4.69, 9.17) is 37.4 Å². The Balaban J connectivity index is 1.66. The van der Waals surface area contributed by atoms with Crippen molar-refractivity contribution in [3.8, 4) is 17.2 Å². The number of halogens is 2. The van der Waals surface area contributed by atoms with Gasteiger partial charge in [-0.3, -0.25) is 4.79 Å². The molecule has 0 bridgehead atoms. The van der Waals surface area contributed by atoms with E-state index in [-0.39, 0.29) is 18.7 Å². The number of ether oxygens (including phenoxy) is 3. The van der Waals surface area contributed by atoms with Crippen molar-refractivity contribution < 1.29 is 19.0 Å². The third kappa shape index (κ3) is 4.17. The summed E-state index contributed by atoms with van der Waals surface area (Å²) in [5.41, 5.74) is 0.918. The molecule has 0 saturated carbocycles. The molecule has 2 aromatic rings. The van der Waals surface area contributed by atoms with Gasteiger partial charge in [-0.1, -0.05) is 36.2 Å². The fourth-order valence-electron chi connectivity index (χ4n) is 2.62. The van der Waals surface area contributed by atoms with Crippen LogP contribution < -0.4 is 19.5 Å². The molecule has 138 valence electrons. The molecular weight excluding hydrogens is 377 g/mol. The first-order chi connectivity index (χ1) is 12.5. The quantitative estimate of drug-likeness (QED) is 0.765. The van der Waals surface area contributed by atoms with Crippen molar-refractivity contribution in [2.24, 2.45) is 0 Å². The number of benzene rings is 2. The maximum absolute atomic E-state index is 12.6. The second kappa shape index (κ2) is 8.06. The Kier molecular flexibility index (Phi) is 5.79. The van der Waals surface area contributed by atoms with Gasteiger partial charge in [0.2, 0.25) is 6.79 Å². The molecule has 0 fully saturated rings. The predicted octanol–water partition coefficient (Wildman–Crippen LogP) is 4.76. The summed E-state index contributed by atoms with van der Waals surface area (Å²) in [4.78, 5) is 12.6. The molecule has 0 saturated heterocycles. The van der Waals surface area contributed by atoms with Gasteiger partial charge in [-0.15, -0.1) is 0 Å². The predicted molar refractivity (Wildman–Crippen MR) is 100 cm³/mol. The second-order valence-electron chi connectivity index (χ2n) is 5.93. The molecule has 1 aliphatic heterocycles. The Morgan fingerprint density at radius 3 is 2.69 bits per heavy atom. The molecule has 1 aliphatic rings. The zero-order valence-corrected chi connectivity index (χ0v) is 15.9. The van der Waals surface area contributed by atoms with Crippen LogP contribution in [0.4, 0.5) is 0 Å². The summed E-state index contributed by atoms with van der Waals surface area (Å²) in [5, 5.41) is 3.84. The van der Waals surface area contributed by atoms with E-state index in [1.165, 1.54) is 0 Å². The highest BCUT2D eigenvalue weighted by Gasteiger charge is 2.23. The van der Waals surface area contributed by atoms with Crippen molar-refractivity contribution in [2.45, 2.75) is 32.4 Å². The summed E-state index contributed by atoms with van der Waals surface area (Å²) in [6.07, 6.45) is -0.163. The van der Waals surface area contributed by atoms with Crippen molar-refractivity contribution in [3.63, 3.8) is 0 Å². The minimum Gasteiger partial charge on any atom is -0.479 e. The molecule has 1 unspecified atom stereocenters. The zero-order chi connectivity index (χ0) is 18.7. The van der Waals surface area contributed by atoms with Crippen LogP contribution in [0.5, 0.6) is 17.2 Å². The van der Waals surface area contributed by atoms with Gasteiger partial charge in [-0.2, -0.15) is 0 Å². The molecule has 0 aromatic heterocycles. The lowest BCUT2D eigenvalue weighted by Crippen LogP contribution is -2.39. The number of hydrogen-bond acceptors (Lipinski definition) is 4. The largest absolute Gasteiger partial charge is 0.479 e. The van der Waals surface area contributed by atoms with Crippen LogP contribution in [0.1, 0.15) is 31.9 Å². The molecule has 2 aromatic carbocycles. The van der Waals surface area contributed by atoms with E-state index < -0.39 is 6.10 Å². The fraction of sp³-hybridized carbons (Fsp3) is 0.316. The number of nitrogens with one attached hydrogen (secondary N) is 1. The molecule has 0 radical (unpaired) electrons. The van der Waals surface area contributed by atoms with Gasteiger partial charge in [0.05, 0.1) is 11.1 Å². The minimum absolute atomic E-state index is 0.213. The molecule has 3 rings (SSSR count). The maximum atomic E-state index is 12.6. The molecule has 0 aliphatic carbocycles. The first-order valence-corrected chi connectivity index (χ1v) is 9.05. The molecule has 5 nitrogen and oxygen atoms in total. The highest BCUT2D eigenvalue weighted by molar-refractivity contribution is 6.35. The number of hydrogen-bond donors (Lipinski definition) is 1. The molecule has 1 heterocycles. The van der Waals surface area contributed by atoms with Gasteiger partial charge >= 0.3 is 0 Å². The fourth-order valence-corrected chi connectivity index (χ4v) is 3.07. The maximum Gasteiger partial charge on any atom is 0.261 e. The first-order valence-electron chi connectivity index (χ1n) is 8.29. The minimum atomic E-state index is -0.662. The van der Waals surface area contributed by atoms with Crippen molar-refractivity contribution in [3.05, 3.63) is 52.0 Å². The van der Waals surface area contributed by atoms with Gasteiger partial charge in [0.1, 0.15) is 5.75 Å². The Morgan fingerprint density at radius 2 is 1.96 bits per heavy atom. The number of carbonyl (C=O) groups excluding carboxylic acids is 1. The van der Waals surface area contributed by atoms with E-state index >= 15 is 0 Å². The molecular formula is C19H19Cl2NO4. The lowest BCUT2D eigenvalue weighted by atomic mass is 10.1. The van der Waals surface area contributed by atoms with Crippen LogP contribution >= 0.6 is 23.2 Å². The Labute approximate surface area is 162 Å². The molecule has 2 atom stereocenters. The summed E-state index contributed by atoms with van der Waals surface area (Å²) < 4.78 is 16.5. The average molecular weight is 396 g/mol. The van der Waals surface area contributed by atoms with Crippen molar-refractivity contribution in [2.75, 3.05) is 6.79 Å². The van der Waals surface area contributed by atoms with E-state index in [1.807, 2.05) is 32.0 Å². The lowest BCUT2D eigenvalue weighted by Gasteiger charge is -2.21. The summed E-state index contributed by atoms with van der Waals surface area (Å²) in [5.74, 6) is 1.59. The van der Waals surface area contributed by atoms with Gasteiger partial charge in [-0.25, -0.2) is 0 Å². The van der Waals surface area contributed by atoms with Crippen LogP contribution in [0.15, 0.2) is 36.4 Å². The highest BCUT2D eigenvalue weighted by atomic mass is 35.5. The van der Waals surface area contributed by atoms with Gasteiger partial charge in [0, 0.05) is 5.02 Å². The standard InChI is InChI=1S/C19H19Cl2NO4/c1-3-15(26-16-7-5-13(20)9-14(16)21)19(23)22-11(2)12-4-6-17-18(8-12)25-10-24-17/h4-9,11,15H,3,10H2,1-2H3,(H,22,23)/t11?,15-/m1/s1. The third-order valence-corrected chi connectivity index (χ3v) is 4.61. The molecule has 26 heavy (non-hydrogen) atoms. The molecule has 7 heteroatoms. The molecule has 1 N–H and O–H groups in total. The number of rotatable bonds is 6. The summed E-state index contributed by atoms with van der Waals surface area (Å²) in [6.45, 7) is 3.99. The van der Waals surface area contributed by atoms with E-state index in [1.54, 1.807) is 18.2 Å². The third-order valence-electron chi connectivity index (χ3n) is 4.08. The van der Waals surface area contributed by atoms with Crippen LogP contribution in [0.2, 0.25) is 10.0 Å². The lowest BCUT2D eigenvalue weighted by molar-refractivity contribution is -0.128. The van der Waals surface area contributed by atoms with Crippen molar-refractivity contribution >= 4 is 29.1 Å². The van der Waals surface area contributed by atoms with Gasteiger partial charge in [-0.05, 0) is 49.2 Å². The summed E-state index contributed by atoms with van der Waals surface area (Å²) >= 11 is 12.0. The van der Waals surface area contributed by atoms with Crippen LogP contribution in [-0.2, 0) is 4.79 Å². The smallest absolute Gasteiger partial charge is 0.261 e. The molecule has 1 amide bonds. The van der Waals surface area contributed by atoms with Crippen LogP contribution in [0.3, 0.4) is 0 Å². The van der Waals surface area contributed by atoms with Crippen LogP contribution in [0.25, 0.3) is 0 Å². The Bertz CT molecular complexity index is 812. The van der Waals surface area contributed by atoms with Gasteiger partial charge in [0.25, 0.3) is 5.91 Å². The van der Waals surface area contributed by atoms with Crippen LogP contribution in [-0.4, -0.2) is 18.8 Å². The number of fused-ring (bicyclic) bond motifs is 1. The number of carbonyl (C=O) groups is 1. The van der Waals surface area contributed by atoms with E-state index in [0.717, 1.165) is 5.56 Å². The Hall–Kier alpha value is -2.11. The van der Waals surface area contributed by atoms with E-state index in [2.05, 4.69) is 5.32 Å². The molecule has 0 spiro atoms. The summed E-state index contributed by atoms with van der Waals surface area (Å²) in [7, 11) is 0. The van der Waals surface area contributed by atoms with Gasteiger partial charge < -0.3 is 19.5 Å². The summed E-state index contributed by atoms with van der Waals surface area (Å²) in [6, 6.07) is 10.3.